The fourth-order valence-corrected chi connectivity index (χ4v) is 2.18. The number of ether oxygens (including phenoxy) is 1. The molecule has 2 nitrogen and oxygen atoms in total. The van der Waals surface area contributed by atoms with Gasteiger partial charge < -0.3 is 10.1 Å². The predicted octanol–water partition coefficient (Wildman–Crippen LogP) is 3.89. The van der Waals surface area contributed by atoms with E-state index in [4.69, 9.17) is 27.9 Å². The van der Waals surface area contributed by atoms with Crippen LogP contribution in [0, 0.1) is 0 Å². The number of benzene rings is 1. The molecule has 6 heteroatoms. The summed E-state index contributed by atoms with van der Waals surface area (Å²) in [7, 11) is 0. The highest BCUT2D eigenvalue weighted by atomic mass is 35.5. The van der Waals surface area contributed by atoms with Crippen LogP contribution in [0.25, 0.3) is 0 Å². The molecular formula is C12H13Cl2F2NO. The van der Waals surface area contributed by atoms with E-state index in [2.05, 4.69) is 5.32 Å². The summed E-state index contributed by atoms with van der Waals surface area (Å²) in [6.45, 7) is -0.151. The highest BCUT2D eigenvalue weighted by Crippen LogP contribution is 2.33. The van der Waals surface area contributed by atoms with Crippen molar-refractivity contribution in [3.63, 3.8) is 0 Å². The van der Waals surface area contributed by atoms with Crippen LogP contribution in [0.1, 0.15) is 18.4 Å². The minimum Gasteiger partial charge on any atom is -0.486 e. The van der Waals surface area contributed by atoms with E-state index in [0.717, 1.165) is 12.8 Å². The predicted molar refractivity (Wildman–Crippen MR) is 67.8 cm³/mol. The van der Waals surface area contributed by atoms with Crippen molar-refractivity contribution in [1.29, 1.82) is 0 Å². The van der Waals surface area contributed by atoms with Gasteiger partial charge >= 0.3 is 0 Å². The third-order valence-electron chi connectivity index (χ3n) is 2.60. The molecule has 1 saturated carbocycles. The van der Waals surface area contributed by atoms with Crippen molar-refractivity contribution >= 4 is 23.2 Å². The summed E-state index contributed by atoms with van der Waals surface area (Å²) >= 11 is 11.9. The van der Waals surface area contributed by atoms with Gasteiger partial charge in [0.15, 0.2) is 0 Å². The first-order chi connectivity index (χ1) is 8.56. The molecule has 2 rings (SSSR count). The van der Waals surface area contributed by atoms with E-state index in [1.807, 2.05) is 0 Å². The van der Waals surface area contributed by atoms with Gasteiger partial charge in [-0.25, -0.2) is 8.78 Å². The minimum atomic E-state index is -2.53. The SMILES string of the molecule is FC(F)COc1c(Cl)cc(Cl)cc1CNC1CC1. The monoisotopic (exact) mass is 295 g/mol. The number of hydrogen-bond donors (Lipinski definition) is 1. The van der Waals surface area contributed by atoms with E-state index in [9.17, 15) is 8.78 Å². The largest absolute Gasteiger partial charge is 0.486 e. The van der Waals surface area contributed by atoms with Crippen LogP contribution in [0.15, 0.2) is 12.1 Å². The van der Waals surface area contributed by atoms with Gasteiger partial charge in [0.25, 0.3) is 6.43 Å². The molecular weight excluding hydrogens is 283 g/mol. The maximum absolute atomic E-state index is 12.2. The van der Waals surface area contributed by atoms with Crippen molar-refractivity contribution in [1.82, 2.24) is 5.32 Å². The molecule has 0 aromatic heterocycles. The number of hydrogen-bond acceptors (Lipinski definition) is 2. The lowest BCUT2D eigenvalue weighted by Crippen LogP contribution is -2.17. The van der Waals surface area contributed by atoms with Gasteiger partial charge in [-0.15, -0.1) is 0 Å². The van der Waals surface area contributed by atoms with Crippen LogP contribution < -0.4 is 10.1 Å². The molecule has 0 radical (unpaired) electrons. The van der Waals surface area contributed by atoms with Gasteiger partial charge in [-0.2, -0.15) is 0 Å². The second-order valence-electron chi connectivity index (χ2n) is 4.23. The van der Waals surface area contributed by atoms with Crippen molar-refractivity contribution in [2.45, 2.75) is 31.9 Å². The Morgan fingerprint density at radius 3 is 2.67 bits per heavy atom. The normalized spacial score (nSPS) is 15.2. The Morgan fingerprint density at radius 2 is 2.06 bits per heavy atom. The third-order valence-corrected chi connectivity index (χ3v) is 3.10. The van der Waals surface area contributed by atoms with Crippen molar-refractivity contribution in [2.75, 3.05) is 6.61 Å². The zero-order chi connectivity index (χ0) is 13.1. The van der Waals surface area contributed by atoms with E-state index in [-0.39, 0.29) is 10.8 Å². The number of rotatable bonds is 6. The van der Waals surface area contributed by atoms with Crippen molar-refractivity contribution in [2.24, 2.45) is 0 Å². The summed E-state index contributed by atoms with van der Waals surface area (Å²) in [6, 6.07) is 3.68. The quantitative estimate of drug-likeness (QED) is 0.860. The molecule has 0 spiro atoms. The van der Waals surface area contributed by atoms with Crippen LogP contribution in [0.2, 0.25) is 10.0 Å². The molecule has 0 unspecified atom stereocenters. The van der Waals surface area contributed by atoms with E-state index in [0.29, 0.717) is 23.2 Å². The van der Waals surface area contributed by atoms with E-state index in [1.54, 1.807) is 6.07 Å². The van der Waals surface area contributed by atoms with Crippen LogP contribution in [0.3, 0.4) is 0 Å². The van der Waals surface area contributed by atoms with Crippen LogP contribution in [0.5, 0.6) is 5.75 Å². The van der Waals surface area contributed by atoms with Crippen LogP contribution in [-0.2, 0) is 6.54 Å². The van der Waals surface area contributed by atoms with E-state index in [1.165, 1.54) is 6.07 Å². The standard InChI is InChI=1S/C12H13Cl2F2NO/c13-8-3-7(5-17-9-1-2-9)12(10(14)4-8)18-6-11(15)16/h3-4,9,11,17H,1-2,5-6H2. The molecule has 100 valence electrons. The van der Waals surface area contributed by atoms with Gasteiger partial charge in [0.05, 0.1) is 5.02 Å². The lowest BCUT2D eigenvalue weighted by Gasteiger charge is -2.14. The minimum absolute atomic E-state index is 0.260. The van der Waals surface area contributed by atoms with Crippen LogP contribution in [0.4, 0.5) is 8.78 Å². The van der Waals surface area contributed by atoms with Gasteiger partial charge in [0.1, 0.15) is 12.4 Å². The van der Waals surface area contributed by atoms with Crippen molar-refractivity contribution in [3.05, 3.63) is 27.7 Å². The highest BCUT2D eigenvalue weighted by molar-refractivity contribution is 6.35. The number of halogens is 4. The average Bonchev–Trinajstić information content (AvgIpc) is 3.08. The zero-order valence-electron chi connectivity index (χ0n) is 9.56. The van der Waals surface area contributed by atoms with Crippen molar-refractivity contribution in [3.8, 4) is 5.75 Å². The van der Waals surface area contributed by atoms with Crippen LogP contribution >= 0.6 is 23.2 Å². The lowest BCUT2D eigenvalue weighted by molar-refractivity contribution is 0.0814. The van der Waals surface area contributed by atoms with Gasteiger partial charge in [0.2, 0.25) is 0 Å². The zero-order valence-corrected chi connectivity index (χ0v) is 11.1. The molecule has 0 atom stereocenters. The second-order valence-corrected chi connectivity index (χ2v) is 5.08. The Balaban J connectivity index is 2.11. The third kappa shape index (κ3) is 3.97. The van der Waals surface area contributed by atoms with E-state index < -0.39 is 13.0 Å². The summed E-state index contributed by atoms with van der Waals surface area (Å²) in [4.78, 5) is 0. The fraction of sp³-hybridized carbons (Fsp3) is 0.500. The van der Waals surface area contributed by atoms with E-state index >= 15 is 0 Å². The topological polar surface area (TPSA) is 21.3 Å². The second kappa shape index (κ2) is 6.04. The smallest absolute Gasteiger partial charge is 0.272 e. The Hall–Kier alpha value is -0.580. The van der Waals surface area contributed by atoms with Crippen LogP contribution in [-0.4, -0.2) is 19.1 Å². The molecule has 18 heavy (non-hydrogen) atoms. The lowest BCUT2D eigenvalue weighted by atomic mass is 10.2. The van der Waals surface area contributed by atoms with Gasteiger partial charge in [-0.3, -0.25) is 0 Å². The molecule has 0 heterocycles. The molecule has 1 aromatic carbocycles. The summed E-state index contributed by atoms with van der Waals surface area (Å²) in [5, 5.41) is 4.00. The molecule has 1 N–H and O–H groups in total. The average molecular weight is 296 g/mol. The summed E-state index contributed by atoms with van der Waals surface area (Å²) in [6.07, 6.45) is -0.246. The Labute approximate surface area is 114 Å². The number of alkyl halides is 2. The van der Waals surface area contributed by atoms with Crippen molar-refractivity contribution < 1.29 is 13.5 Å². The summed E-state index contributed by atoms with van der Waals surface area (Å²) < 4.78 is 29.4. The Bertz CT molecular complexity index is 425. The van der Waals surface area contributed by atoms with Gasteiger partial charge in [-0.05, 0) is 25.0 Å². The fourth-order valence-electron chi connectivity index (χ4n) is 1.59. The first kappa shape index (κ1) is 13.8. The molecule has 1 aliphatic carbocycles. The number of nitrogens with one attached hydrogen (secondary N) is 1. The maximum atomic E-state index is 12.2. The molecule has 0 saturated heterocycles. The van der Waals surface area contributed by atoms with Gasteiger partial charge in [0, 0.05) is 23.2 Å². The molecule has 0 bridgehead atoms. The molecule has 1 aromatic rings. The van der Waals surface area contributed by atoms with Gasteiger partial charge in [-0.1, -0.05) is 23.2 Å². The summed E-state index contributed by atoms with van der Waals surface area (Å²) in [5.41, 5.74) is 0.708. The maximum Gasteiger partial charge on any atom is 0.272 e. The summed E-state index contributed by atoms with van der Waals surface area (Å²) in [5.74, 6) is 0.287. The Kier molecular flexibility index (Phi) is 4.65. The first-order valence-electron chi connectivity index (χ1n) is 5.68. The highest BCUT2D eigenvalue weighted by Gasteiger charge is 2.21. The Morgan fingerprint density at radius 1 is 1.33 bits per heavy atom. The molecule has 1 aliphatic rings. The first-order valence-corrected chi connectivity index (χ1v) is 6.44. The molecule has 1 fully saturated rings. The molecule has 0 amide bonds. The molecule has 0 aliphatic heterocycles.